The average molecular weight is 240 g/mol. The molecule has 0 unspecified atom stereocenters. The molecule has 0 spiro atoms. The molecule has 1 heterocycles. The van der Waals surface area contributed by atoms with Gasteiger partial charge in [0.05, 0.1) is 10.9 Å². The molecule has 1 N–H and O–H groups in total. The van der Waals surface area contributed by atoms with Crippen LogP contribution in [0.3, 0.4) is 0 Å². The molecular weight excluding hydrogens is 232 g/mol. The molecule has 0 amide bonds. The minimum Gasteiger partial charge on any atom is -0.478 e. The maximum atomic E-state index is 11.9. The number of benzene rings is 2. The number of carboxylic acids is 1. The Balaban J connectivity index is 2.64. The van der Waals surface area contributed by atoms with Crippen LogP contribution < -0.4 is 5.63 Å². The highest BCUT2D eigenvalue weighted by Gasteiger charge is 2.14. The van der Waals surface area contributed by atoms with Crippen LogP contribution in [-0.2, 0) is 0 Å². The van der Waals surface area contributed by atoms with Gasteiger partial charge < -0.3 is 9.52 Å². The Labute approximate surface area is 101 Å². The monoisotopic (exact) mass is 240 g/mol. The molecule has 88 valence electrons. The first-order chi connectivity index (χ1) is 8.68. The number of carbonyl (C=O) groups is 1. The molecule has 0 saturated heterocycles. The highest BCUT2D eigenvalue weighted by Crippen LogP contribution is 2.24. The zero-order chi connectivity index (χ0) is 12.7. The van der Waals surface area contributed by atoms with Crippen molar-refractivity contribution >= 4 is 27.7 Å². The van der Waals surface area contributed by atoms with E-state index < -0.39 is 11.6 Å². The van der Waals surface area contributed by atoms with Crippen LogP contribution >= 0.6 is 0 Å². The van der Waals surface area contributed by atoms with Crippen LogP contribution in [-0.4, -0.2) is 11.1 Å². The standard InChI is InChI=1S/C14H8O4/c15-13(16)10-6-3-5-9-8-4-1-2-7-11(8)18-14(17)12(9)10/h1-7H,(H,15,16). The molecule has 18 heavy (non-hydrogen) atoms. The van der Waals surface area contributed by atoms with Crippen molar-refractivity contribution in [2.45, 2.75) is 0 Å². The van der Waals surface area contributed by atoms with E-state index in [1.165, 1.54) is 6.07 Å². The molecular formula is C14H8O4. The highest BCUT2D eigenvalue weighted by atomic mass is 16.4. The molecule has 3 aromatic rings. The van der Waals surface area contributed by atoms with Crippen molar-refractivity contribution in [3.8, 4) is 0 Å². The summed E-state index contributed by atoms with van der Waals surface area (Å²) in [7, 11) is 0. The molecule has 4 heteroatoms. The minimum atomic E-state index is -1.14. The van der Waals surface area contributed by atoms with Crippen molar-refractivity contribution in [3.05, 3.63) is 58.4 Å². The number of carboxylic acid groups (broad SMARTS) is 1. The maximum Gasteiger partial charge on any atom is 0.345 e. The molecule has 2 aromatic carbocycles. The first kappa shape index (κ1) is 10.5. The average Bonchev–Trinajstić information content (AvgIpc) is 2.38. The molecule has 1 aromatic heterocycles. The van der Waals surface area contributed by atoms with Crippen LogP contribution in [0.5, 0.6) is 0 Å². The van der Waals surface area contributed by atoms with E-state index in [9.17, 15) is 9.59 Å². The fourth-order valence-electron chi connectivity index (χ4n) is 2.10. The summed E-state index contributed by atoms with van der Waals surface area (Å²) >= 11 is 0. The lowest BCUT2D eigenvalue weighted by Crippen LogP contribution is -2.07. The van der Waals surface area contributed by atoms with Crippen molar-refractivity contribution < 1.29 is 14.3 Å². The van der Waals surface area contributed by atoms with Gasteiger partial charge in [-0.25, -0.2) is 9.59 Å². The van der Waals surface area contributed by atoms with Gasteiger partial charge in [-0.05, 0) is 12.1 Å². The van der Waals surface area contributed by atoms with E-state index >= 15 is 0 Å². The molecule has 4 nitrogen and oxygen atoms in total. The summed E-state index contributed by atoms with van der Waals surface area (Å²) in [5, 5.41) is 10.5. The van der Waals surface area contributed by atoms with Gasteiger partial charge in [0.2, 0.25) is 0 Å². The summed E-state index contributed by atoms with van der Waals surface area (Å²) in [6, 6.07) is 11.8. The predicted molar refractivity (Wildman–Crippen MR) is 66.9 cm³/mol. The lowest BCUT2D eigenvalue weighted by molar-refractivity contribution is 0.0699. The van der Waals surface area contributed by atoms with Crippen molar-refractivity contribution in [3.63, 3.8) is 0 Å². The van der Waals surface area contributed by atoms with Crippen molar-refractivity contribution in [1.82, 2.24) is 0 Å². The topological polar surface area (TPSA) is 67.5 Å². The summed E-state index contributed by atoms with van der Waals surface area (Å²) in [5.41, 5.74) is -0.203. The van der Waals surface area contributed by atoms with E-state index in [1.807, 2.05) is 6.07 Å². The Morgan fingerprint density at radius 1 is 1.00 bits per heavy atom. The molecule has 0 saturated carbocycles. The normalized spacial score (nSPS) is 10.9. The second-order valence-corrected chi connectivity index (χ2v) is 3.92. The molecule has 0 aliphatic carbocycles. The van der Waals surface area contributed by atoms with E-state index in [0.29, 0.717) is 11.0 Å². The van der Waals surface area contributed by atoms with Crippen molar-refractivity contribution in [1.29, 1.82) is 0 Å². The number of aromatic carboxylic acids is 1. The van der Waals surface area contributed by atoms with Crippen molar-refractivity contribution in [2.24, 2.45) is 0 Å². The molecule has 0 radical (unpaired) electrons. The van der Waals surface area contributed by atoms with Crippen LogP contribution in [0.2, 0.25) is 0 Å². The maximum absolute atomic E-state index is 11.9. The van der Waals surface area contributed by atoms with Gasteiger partial charge in [0.25, 0.3) is 0 Å². The molecule has 0 fully saturated rings. The van der Waals surface area contributed by atoms with Gasteiger partial charge in [-0.2, -0.15) is 0 Å². The third-order valence-corrected chi connectivity index (χ3v) is 2.88. The molecule has 0 atom stereocenters. The quantitative estimate of drug-likeness (QED) is 0.524. The summed E-state index contributed by atoms with van der Waals surface area (Å²) in [6.07, 6.45) is 0. The Hall–Kier alpha value is -2.62. The number of fused-ring (bicyclic) bond motifs is 3. The molecule has 0 aliphatic heterocycles. The van der Waals surface area contributed by atoms with E-state index in [0.717, 1.165) is 5.39 Å². The SMILES string of the molecule is O=C(O)c1cccc2c1c(=O)oc1ccccc12. The van der Waals surface area contributed by atoms with Crippen LogP contribution in [0.15, 0.2) is 51.7 Å². The highest BCUT2D eigenvalue weighted by molar-refractivity contribution is 6.11. The summed E-state index contributed by atoms with van der Waals surface area (Å²) in [5.74, 6) is -1.14. The van der Waals surface area contributed by atoms with Gasteiger partial charge in [-0.3, -0.25) is 0 Å². The zero-order valence-electron chi connectivity index (χ0n) is 9.21. The molecule has 0 aliphatic rings. The van der Waals surface area contributed by atoms with E-state index in [1.54, 1.807) is 30.3 Å². The Morgan fingerprint density at radius 2 is 1.72 bits per heavy atom. The summed E-state index contributed by atoms with van der Waals surface area (Å²) < 4.78 is 5.15. The largest absolute Gasteiger partial charge is 0.478 e. The lowest BCUT2D eigenvalue weighted by atomic mass is 10.0. The Morgan fingerprint density at radius 3 is 2.50 bits per heavy atom. The second kappa shape index (κ2) is 3.70. The van der Waals surface area contributed by atoms with Gasteiger partial charge in [-0.1, -0.05) is 30.3 Å². The molecule has 0 bridgehead atoms. The van der Waals surface area contributed by atoms with Gasteiger partial charge in [0, 0.05) is 10.8 Å². The van der Waals surface area contributed by atoms with Gasteiger partial charge in [0.15, 0.2) is 0 Å². The fourth-order valence-corrected chi connectivity index (χ4v) is 2.10. The first-order valence-corrected chi connectivity index (χ1v) is 5.36. The smallest absolute Gasteiger partial charge is 0.345 e. The summed E-state index contributed by atoms with van der Waals surface area (Å²) in [4.78, 5) is 23.0. The van der Waals surface area contributed by atoms with E-state index in [4.69, 9.17) is 9.52 Å². The third-order valence-electron chi connectivity index (χ3n) is 2.88. The van der Waals surface area contributed by atoms with Gasteiger partial charge in [-0.15, -0.1) is 0 Å². The predicted octanol–water partition coefficient (Wildman–Crippen LogP) is 2.64. The van der Waals surface area contributed by atoms with Crippen molar-refractivity contribution in [2.75, 3.05) is 0 Å². The van der Waals surface area contributed by atoms with E-state index in [-0.39, 0.29) is 10.9 Å². The van der Waals surface area contributed by atoms with Gasteiger partial charge >= 0.3 is 11.6 Å². The summed E-state index contributed by atoms with van der Waals surface area (Å²) in [6.45, 7) is 0. The zero-order valence-corrected chi connectivity index (χ0v) is 9.21. The lowest BCUT2D eigenvalue weighted by Gasteiger charge is -2.04. The Kier molecular flexibility index (Phi) is 2.16. The van der Waals surface area contributed by atoms with Gasteiger partial charge in [0.1, 0.15) is 5.58 Å². The number of hydrogen-bond acceptors (Lipinski definition) is 3. The van der Waals surface area contributed by atoms with Crippen LogP contribution in [0.4, 0.5) is 0 Å². The second-order valence-electron chi connectivity index (χ2n) is 3.92. The number of para-hydroxylation sites is 1. The third kappa shape index (κ3) is 1.39. The van der Waals surface area contributed by atoms with E-state index in [2.05, 4.69) is 0 Å². The Bertz CT molecular complexity index is 830. The van der Waals surface area contributed by atoms with Crippen LogP contribution in [0, 0.1) is 0 Å². The minimum absolute atomic E-state index is 0.0352. The number of rotatable bonds is 1. The fraction of sp³-hybridized carbons (Fsp3) is 0. The van der Waals surface area contributed by atoms with Crippen LogP contribution in [0.1, 0.15) is 10.4 Å². The molecule has 3 rings (SSSR count). The first-order valence-electron chi connectivity index (χ1n) is 5.36. The number of hydrogen-bond donors (Lipinski definition) is 1. The van der Waals surface area contributed by atoms with Crippen LogP contribution in [0.25, 0.3) is 21.7 Å².